The summed E-state index contributed by atoms with van der Waals surface area (Å²) in [6.45, 7) is 3.56. The smallest absolute Gasteiger partial charge is 0.324 e. The number of alkyl halides is 3. The molecule has 21 heavy (non-hydrogen) atoms. The topological polar surface area (TPSA) is 58.4 Å². The molecule has 0 spiro atoms. The maximum atomic E-state index is 12.5. The van der Waals surface area contributed by atoms with Crippen molar-refractivity contribution in [1.82, 2.24) is 4.90 Å². The molecule has 7 heteroatoms. The second kappa shape index (κ2) is 6.80. The minimum Gasteiger partial charge on any atom is -0.324 e. The summed E-state index contributed by atoms with van der Waals surface area (Å²) in [5.74, 6) is 0. The molecular weight excluding hydrogens is 283 g/mol. The Bertz CT molecular complexity index is 487. The SMILES string of the molecule is CC(N)c1cccc(NC(=O)N(CC(F)(F)F)C(C)C)c1. The van der Waals surface area contributed by atoms with E-state index in [1.807, 2.05) is 0 Å². The fourth-order valence-electron chi connectivity index (χ4n) is 1.78. The fraction of sp³-hybridized carbons (Fsp3) is 0.500. The van der Waals surface area contributed by atoms with Gasteiger partial charge in [0.05, 0.1) is 0 Å². The number of amides is 2. The normalized spacial score (nSPS) is 13.1. The third kappa shape index (κ3) is 5.63. The van der Waals surface area contributed by atoms with Crippen LogP contribution in [0.4, 0.5) is 23.7 Å². The van der Waals surface area contributed by atoms with Crippen LogP contribution in [0.15, 0.2) is 24.3 Å². The van der Waals surface area contributed by atoms with Crippen LogP contribution in [0.3, 0.4) is 0 Å². The van der Waals surface area contributed by atoms with Crippen LogP contribution in [-0.2, 0) is 0 Å². The average Bonchev–Trinajstić information content (AvgIpc) is 2.34. The van der Waals surface area contributed by atoms with E-state index in [2.05, 4.69) is 5.32 Å². The number of anilines is 1. The van der Waals surface area contributed by atoms with Crippen molar-refractivity contribution in [2.45, 2.75) is 39.0 Å². The van der Waals surface area contributed by atoms with E-state index in [4.69, 9.17) is 5.73 Å². The molecule has 0 radical (unpaired) electrons. The van der Waals surface area contributed by atoms with Gasteiger partial charge in [0.2, 0.25) is 0 Å². The molecule has 1 rings (SSSR count). The molecule has 2 amide bonds. The molecule has 0 fully saturated rings. The van der Waals surface area contributed by atoms with Crippen molar-refractivity contribution in [2.75, 3.05) is 11.9 Å². The van der Waals surface area contributed by atoms with E-state index in [-0.39, 0.29) is 6.04 Å². The molecule has 3 N–H and O–H groups in total. The number of nitrogens with two attached hydrogens (primary N) is 1. The summed E-state index contributed by atoms with van der Waals surface area (Å²) >= 11 is 0. The molecule has 4 nitrogen and oxygen atoms in total. The lowest BCUT2D eigenvalue weighted by atomic mass is 10.1. The third-order valence-electron chi connectivity index (χ3n) is 2.90. The Balaban J connectivity index is 2.84. The highest BCUT2D eigenvalue weighted by molar-refractivity contribution is 5.89. The number of halogens is 3. The van der Waals surface area contributed by atoms with Gasteiger partial charge >= 0.3 is 12.2 Å². The van der Waals surface area contributed by atoms with Gasteiger partial charge in [-0.05, 0) is 38.5 Å². The predicted molar refractivity (Wildman–Crippen MR) is 76.0 cm³/mol. The Kier molecular flexibility index (Phi) is 5.60. The van der Waals surface area contributed by atoms with Gasteiger partial charge in [-0.3, -0.25) is 0 Å². The lowest BCUT2D eigenvalue weighted by Gasteiger charge is -2.28. The van der Waals surface area contributed by atoms with Crippen molar-refractivity contribution < 1.29 is 18.0 Å². The van der Waals surface area contributed by atoms with Crippen LogP contribution in [0.1, 0.15) is 32.4 Å². The van der Waals surface area contributed by atoms with Gasteiger partial charge in [0, 0.05) is 17.8 Å². The van der Waals surface area contributed by atoms with E-state index in [0.29, 0.717) is 5.69 Å². The highest BCUT2D eigenvalue weighted by Crippen LogP contribution is 2.20. The Morgan fingerprint density at radius 1 is 1.33 bits per heavy atom. The maximum Gasteiger partial charge on any atom is 0.406 e. The summed E-state index contributed by atoms with van der Waals surface area (Å²) in [5, 5.41) is 2.47. The third-order valence-corrected chi connectivity index (χ3v) is 2.90. The molecule has 1 unspecified atom stereocenters. The second-order valence-electron chi connectivity index (χ2n) is 5.18. The lowest BCUT2D eigenvalue weighted by molar-refractivity contribution is -0.142. The maximum absolute atomic E-state index is 12.5. The van der Waals surface area contributed by atoms with E-state index in [0.717, 1.165) is 10.5 Å². The molecule has 0 aromatic heterocycles. The van der Waals surface area contributed by atoms with Crippen LogP contribution in [0, 0.1) is 0 Å². The van der Waals surface area contributed by atoms with E-state index in [1.165, 1.54) is 13.8 Å². The number of benzene rings is 1. The summed E-state index contributed by atoms with van der Waals surface area (Å²) < 4.78 is 37.5. The Morgan fingerprint density at radius 2 is 1.95 bits per heavy atom. The monoisotopic (exact) mass is 303 g/mol. The Hall–Kier alpha value is -1.76. The molecule has 118 valence electrons. The number of hydrogen-bond acceptors (Lipinski definition) is 2. The zero-order valence-electron chi connectivity index (χ0n) is 12.2. The zero-order chi connectivity index (χ0) is 16.2. The van der Waals surface area contributed by atoms with Gasteiger partial charge in [-0.15, -0.1) is 0 Å². The van der Waals surface area contributed by atoms with Gasteiger partial charge in [-0.2, -0.15) is 13.2 Å². The quantitative estimate of drug-likeness (QED) is 0.894. The van der Waals surface area contributed by atoms with Crippen LogP contribution >= 0.6 is 0 Å². The summed E-state index contributed by atoms with van der Waals surface area (Å²) in [7, 11) is 0. The lowest BCUT2D eigenvalue weighted by Crippen LogP contribution is -2.45. The molecule has 1 aromatic rings. The van der Waals surface area contributed by atoms with Gasteiger partial charge in [0.25, 0.3) is 0 Å². The van der Waals surface area contributed by atoms with Crippen molar-refractivity contribution in [3.63, 3.8) is 0 Å². The summed E-state index contributed by atoms with van der Waals surface area (Å²) in [6, 6.07) is 5.16. The van der Waals surface area contributed by atoms with E-state index in [9.17, 15) is 18.0 Å². The van der Waals surface area contributed by atoms with Gasteiger partial charge < -0.3 is 16.0 Å². The number of nitrogens with zero attached hydrogens (tertiary/aromatic N) is 1. The molecule has 0 bridgehead atoms. The summed E-state index contributed by atoms with van der Waals surface area (Å²) in [6.07, 6.45) is -4.44. The van der Waals surface area contributed by atoms with Crippen molar-refractivity contribution in [1.29, 1.82) is 0 Å². The Labute approximate surface area is 122 Å². The molecular formula is C14H20F3N3O. The number of carbonyl (C=O) groups is 1. The molecule has 1 atom stereocenters. The first-order valence-electron chi connectivity index (χ1n) is 6.60. The van der Waals surface area contributed by atoms with E-state index >= 15 is 0 Å². The summed E-state index contributed by atoms with van der Waals surface area (Å²) in [4.78, 5) is 12.7. The van der Waals surface area contributed by atoms with Crippen molar-refractivity contribution in [3.8, 4) is 0 Å². The first-order chi connectivity index (χ1) is 9.60. The highest BCUT2D eigenvalue weighted by Gasteiger charge is 2.34. The van der Waals surface area contributed by atoms with Gasteiger partial charge in [-0.25, -0.2) is 4.79 Å². The predicted octanol–water partition coefficient (Wildman–Crippen LogP) is 3.51. The molecule has 0 heterocycles. The number of rotatable bonds is 4. The van der Waals surface area contributed by atoms with Gasteiger partial charge in [-0.1, -0.05) is 12.1 Å². The highest BCUT2D eigenvalue weighted by atomic mass is 19.4. The van der Waals surface area contributed by atoms with Crippen LogP contribution in [0.5, 0.6) is 0 Å². The molecule has 0 saturated carbocycles. The first-order valence-corrected chi connectivity index (χ1v) is 6.60. The van der Waals surface area contributed by atoms with Crippen molar-refractivity contribution in [2.24, 2.45) is 5.73 Å². The number of hydrogen-bond donors (Lipinski definition) is 2. The number of carbonyl (C=O) groups excluding carboxylic acids is 1. The van der Waals surface area contributed by atoms with Gasteiger partial charge in [0.15, 0.2) is 0 Å². The fourth-order valence-corrected chi connectivity index (χ4v) is 1.78. The van der Waals surface area contributed by atoms with Crippen molar-refractivity contribution >= 4 is 11.7 Å². The molecule has 0 aliphatic rings. The largest absolute Gasteiger partial charge is 0.406 e. The molecule has 1 aromatic carbocycles. The van der Waals surface area contributed by atoms with Crippen LogP contribution in [-0.4, -0.2) is 29.7 Å². The van der Waals surface area contributed by atoms with Crippen molar-refractivity contribution in [3.05, 3.63) is 29.8 Å². The van der Waals surface area contributed by atoms with Crippen LogP contribution in [0.2, 0.25) is 0 Å². The average molecular weight is 303 g/mol. The standard InChI is InChI=1S/C14H20F3N3O/c1-9(2)20(8-14(15,16)17)13(21)19-12-6-4-5-11(7-12)10(3)18/h4-7,9-10H,8,18H2,1-3H3,(H,19,21). The molecule has 0 aliphatic carbocycles. The molecule has 0 aliphatic heterocycles. The van der Waals surface area contributed by atoms with Gasteiger partial charge in [0.1, 0.15) is 6.54 Å². The minimum absolute atomic E-state index is 0.224. The minimum atomic E-state index is -4.44. The van der Waals surface area contributed by atoms with Crippen LogP contribution in [0.25, 0.3) is 0 Å². The van der Waals surface area contributed by atoms with E-state index in [1.54, 1.807) is 31.2 Å². The molecule has 0 saturated heterocycles. The first kappa shape index (κ1) is 17.3. The Morgan fingerprint density at radius 3 is 2.43 bits per heavy atom. The summed E-state index contributed by atoms with van der Waals surface area (Å²) in [5.41, 5.74) is 6.94. The van der Waals surface area contributed by atoms with Crippen LogP contribution < -0.4 is 11.1 Å². The number of nitrogens with one attached hydrogen (secondary N) is 1. The van der Waals surface area contributed by atoms with E-state index < -0.39 is 24.8 Å². The second-order valence-corrected chi connectivity index (χ2v) is 5.18. The number of urea groups is 1. The zero-order valence-corrected chi connectivity index (χ0v) is 12.2.